The number of methoxy groups -OCH3 is 2. The lowest BCUT2D eigenvalue weighted by molar-refractivity contribution is 0.0218. The third-order valence-corrected chi connectivity index (χ3v) is 9.92. The molecule has 33 heavy (non-hydrogen) atoms. The number of nitrogens with zero attached hydrogens (tertiary/aromatic N) is 2. The fourth-order valence-corrected chi connectivity index (χ4v) is 8.04. The van der Waals surface area contributed by atoms with Gasteiger partial charge in [0.05, 0.1) is 26.2 Å². The van der Waals surface area contributed by atoms with Gasteiger partial charge in [0, 0.05) is 38.3 Å². The maximum Gasteiger partial charge on any atom is 0.214 e. The van der Waals surface area contributed by atoms with Gasteiger partial charge in [-0.05, 0) is 61.3 Å². The van der Waals surface area contributed by atoms with Gasteiger partial charge in [0.2, 0.25) is 20.0 Å². The first kappa shape index (κ1) is 24.7. The lowest BCUT2D eigenvalue weighted by atomic mass is 9.77. The molecule has 0 spiro atoms. The molecule has 3 aliphatic rings. The minimum atomic E-state index is -3.47. The van der Waals surface area contributed by atoms with Crippen LogP contribution in [-0.2, 0) is 26.5 Å². The Morgan fingerprint density at radius 2 is 1.82 bits per heavy atom. The minimum Gasteiger partial charge on any atom is -0.493 e. The van der Waals surface area contributed by atoms with Crippen molar-refractivity contribution in [1.82, 2.24) is 13.9 Å². The maximum atomic E-state index is 13.3. The normalized spacial score (nSPS) is 26.2. The lowest BCUT2D eigenvalue weighted by Gasteiger charge is -2.51. The van der Waals surface area contributed by atoms with Gasteiger partial charge in [0.1, 0.15) is 0 Å². The zero-order chi connectivity index (χ0) is 23.8. The summed E-state index contributed by atoms with van der Waals surface area (Å²) in [5.74, 6) is 1.70. The molecule has 2 saturated heterocycles. The molecule has 3 heterocycles. The first-order valence-electron chi connectivity index (χ1n) is 11.6. The van der Waals surface area contributed by atoms with Crippen molar-refractivity contribution >= 4 is 20.0 Å². The Morgan fingerprint density at radius 1 is 1.09 bits per heavy atom. The molecule has 3 atom stereocenters. The third-order valence-electron chi connectivity index (χ3n) is 7.22. The number of benzene rings is 1. The van der Waals surface area contributed by atoms with E-state index in [4.69, 9.17) is 9.47 Å². The molecular formula is C22H35N3O6S2. The number of ether oxygens (including phenoxy) is 2. The summed E-state index contributed by atoms with van der Waals surface area (Å²) in [5.41, 5.74) is 2.45. The number of fused-ring (bicyclic) bond motifs is 4. The van der Waals surface area contributed by atoms with Crippen LogP contribution in [0.2, 0.25) is 0 Å². The van der Waals surface area contributed by atoms with Crippen LogP contribution < -0.4 is 14.2 Å². The first-order valence-corrected chi connectivity index (χ1v) is 15.1. The minimum absolute atomic E-state index is 0.0353. The number of nitrogens with one attached hydrogen (secondary N) is 1. The van der Waals surface area contributed by atoms with Gasteiger partial charge in [-0.2, -0.15) is 4.31 Å². The Kier molecular flexibility index (Phi) is 7.26. The van der Waals surface area contributed by atoms with E-state index in [1.807, 2.05) is 0 Å². The van der Waals surface area contributed by atoms with Crippen LogP contribution in [0.5, 0.6) is 11.5 Å². The van der Waals surface area contributed by atoms with Gasteiger partial charge in [-0.3, -0.25) is 4.90 Å². The van der Waals surface area contributed by atoms with Gasteiger partial charge in [-0.25, -0.2) is 21.6 Å². The molecule has 1 aromatic rings. The summed E-state index contributed by atoms with van der Waals surface area (Å²) >= 11 is 0. The van der Waals surface area contributed by atoms with Crippen molar-refractivity contribution in [2.24, 2.45) is 5.92 Å². The summed E-state index contributed by atoms with van der Waals surface area (Å²) in [4.78, 5) is 2.50. The van der Waals surface area contributed by atoms with Crippen LogP contribution in [0.25, 0.3) is 0 Å². The fourth-order valence-electron chi connectivity index (χ4n) is 5.71. The maximum absolute atomic E-state index is 13.3. The number of hydrogen-bond acceptors (Lipinski definition) is 7. The summed E-state index contributed by atoms with van der Waals surface area (Å²) in [5, 5.41) is 0. The highest BCUT2D eigenvalue weighted by atomic mass is 32.2. The van der Waals surface area contributed by atoms with Crippen LogP contribution in [0, 0.1) is 5.92 Å². The fraction of sp³-hybridized carbons (Fsp3) is 0.727. The van der Waals surface area contributed by atoms with Gasteiger partial charge in [-0.1, -0.05) is 0 Å². The van der Waals surface area contributed by atoms with Crippen molar-refractivity contribution in [3.63, 3.8) is 0 Å². The van der Waals surface area contributed by atoms with Gasteiger partial charge in [-0.15, -0.1) is 0 Å². The van der Waals surface area contributed by atoms with Crippen molar-refractivity contribution in [3.05, 3.63) is 23.3 Å². The van der Waals surface area contributed by atoms with E-state index < -0.39 is 20.0 Å². The SMILES string of the molecule is COc1cc2c(cc1OC)[C@@H]1C[C@@H]3[C@@H](CCCN3S(=O)(=O)CCCNS(C)(=O)=O)CN1CC2. The lowest BCUT2D eigenvalue weighted by Crippen LogP contribution is -2.57. The Labute approximate surface area is 197 Å². The first-order chi connectivity index (χ1) is 15.6. The number of piperidine rings is 2. The van der Waals surface area contributed by atoms with E-state index in [1.165, 1.54) is 11.1 Å². The van der Waals surface area contributed by atoms with Gasteiger partial charge in [0.25, 0.3) is 0 Å². The van der Waals surface area contributed by atoms with Crippen molar-refractivity contribution in [2.75, 3.05) is 52.4 Å². The van der Waals surface area contributed by atoms with Crippen LogP contribution in [-0.4, -0.2) is 84.5 Å². The molecule has 0 aromatic heterocycles. The largest absolute Gasteiger partial charge is 0.493 e. The van der Waals surface area contributed by atoms with Crippen LogP contribution in [0.4, 0.5) is 0 Å². The molecule has 0 aliphatic carbocycles. The zero-order valence-electron chi connectivity index (χ0n) is 19.6. The Hall–Kier alpha value is -1.40. The monoisotopic (exact) mass is 501 g/mol. The Balaban J connectivity index is 1.54. The van der Waals surface area contributed by atoms with Gasteiger partial charge >= 0.3 is 0 Å². The van der Waals surface area contributed by atoms with Crippen molar-refractivity contribution in [2.45, 2.75) is 44.2 Å². The molecule has 0 saturated carbocycles. The molecule has 9 nitrogen and oxygen atoms in total. The van der Waals surface area contributed by atoms with Gasteiger partial charge in [0.15, 0.2) is 11.5 Å². The Bertz CT molecular complexity index is 1080. The van der Waals surface area contributed by atoms with Crippen LogP contribution in [0.15, 0.2) is 12.1 Å². The van der Waals surface area contributed by atoms with Crippen LogP contribution >= 0.6 is 0 Å². The molecular weight excluding hydrogens is 466 g/mol. The van der Waals surface area contributed by atoms with Crippen LogP contribution in [0.1, 0.15) is 42.9 Å². The molecule has 3 aliphatic heterocycles. The highest BCUT2D eigenvalue weighted by molar-refractivity contribution is 7.89. The molecule has 11 heteroatoms. The standard InChI is InChI=1S/C22H35N3O6S2/c1-30-21-12-16-7-10-24-15-17-6-4-9-25(33(28,29)11-5-8-23-32(3,26)27)19(17)14-20(24)18(16)13-22(21)31-2/h12-13,17,19-20,23H,4-11,14-15H2,1-3H3/t17-,19+,20-/m0/s1. The third kappa shape index (κ3) is 5.32. The molecule has 0 amide bonds. The van der Waals surface area contributed by atoms with Gasteiger partial charge < -0.3 is 9.47 Å². The van der Waals surface area contributed by atoms with Crippen molar-refractivity contribution in [1.29, 1.82) is 0 Å². The van der Waals surface area contributed by atoms with Crippen LogP contribution in [0.3, 0.4) is 0 Å². The van der Waals surface area contributed by atoms with E-state index in [-0.39, 0.29) is 30.8 Å². The predicted molar refractivity (Wildman–Crippen MR) is 127 cm³/mol. The second kappa shape index (κ2) is 9.69. The quantitative estimate of drug-likeness (QED) is 0.536. The predicted octanol–water partition coefficient (Wildman–Crippen LogP) is 1.36. The van der Waals surface area contributed by atoms with Crippen molar-refractivity contribution in [3.8, 4) is 11.5 Å². The average Bonchev–Trinajstić information content (AvgIpc) is 2.78. The second-order valence-corrected chi connectivity index (χ2v) is 13.2. The molecule has 2 fully saturated rings. The Morgan fingerprint density at radius 3 is 2.52 bits per heavy atom. The summed E-state index contributed by atoms with van der Waals surface area (Å²) in [6, 6.07) is 4.23. The molecule has 0 bridgehead atoms. The molecule has 1 N–H and O–H groups in total. The number of sulfonamides is 2. The van der Waals surface area contributed by atoms with E-state index in [1.54, 1.807) is 18.5 Å². The molecule has 0 radical (unpaired) electrons. The van der Waals surface area contributed by atoms with E-state index in [0.717, 1.165) is 50.8 Å². The molecule has 186 valence electrons. The smallest absolute Gasteiger partial charge is 0.214 e. The zero-order valence-corrected chi connectivity index (χ0v) is 21.3. The summed E-state index contributed by atoms with van der Waals surface area (Å²) < 4.78 is 64.2. The van der Waals surface area contributed by atoms with E-state index in [2.05, 4.69) is 21.8 Å². The summed E-state index contributed by atoms with van der Waals surface area (Å²) in [7, 11) is -3.52. The van der Waals surface area contributed by atoms with E-state index >= 15 is 0 Å². The van der Waals surface area contributed by atoms with E-state index in [0.29, 0.717) is 18.2 Å². The second-order valence-electron chi connectivity index (χ2n) is 9.32. The molecule has 0 unspecified atom stereocenters. The number of hydrogen-bond donors (Lipinski definition) is 1. The van der Waals surface area contributed by atoms with Crippen molar-refractivity contribution < 1.29 is 26.3 Å². The summed E-state index contributed by atoms with van der Waals surface area (Å²) in [6.45, 7) is 2.52. The average molecular weight is 502 g/mol. The molecule has 4 rings (SSSR count). The molecule has 1 aromatic carbocycles. The summed E-state index contributed by atoms with van der Waals surface area (Å²) in [6.07, 6.45) is 4.94. The highest BCUT2D eigenvalue weighted by Crippen LogP contribution is 2.46. The van der Waals surface area contributed by atoms with E-state index in [9.17, 15) is 16.8 Å². The highest BCUT2D eigenvalue weighted by Gasteiger charge is 2.45. The number of rotatable bonds is 8. The topological polar surface area (TPSA) is 105 Å².